The molecule has 0 saturated carbocycles. The highest BCUT2D eigenvalue weighted by Crippen LogP contribution is 2.14. The summed E-state index contributed by atoms with van der Waals surface area (Å²) in [5, 5.41) is 0. The summed E-state index contributed by atoms with van der Waals surface area (Å²) in [6.45, 7) is 4.22. The highest BCUT2D eigenvalue weighted by molar-refractivity contribution is 5.76. The third kappa shape index (κ3) is 5.82. The van der Waals surface area contributed by atoms with Crippen LogP contribution in [-0.4, -0.2) is 23.9 Å². The summed E-state index contributed by atoms with van der Waals surface area (Å²) in [4.78, 5) is 14.0. The molecular weight excluding hydrogens is 270 g/mol. The monoisotopic (exact) mass is 301 g/mol. The molecule has 1 saturated heterocycles. The fraction of sp³-hybridized carbons (Fsp3) is 0.650. The van der Waals surface area contributed by atoms with Gasteiger partial charge in [-0.25, -0.2) is 0 Å². The van der Waals surface area contributed by atoms with Gasteiger partial charge in [-0.3, -0.25) is 4.79 Å². The van der Waals surface area contributed by atoms with Crippen LogP contribution in [0.1, 0.15) is 69.4 Å². The number of hydrogen-bond donors (Lipinski definition) is 0. The van der Waals surface area contributed by atoms with Crippen molar-refractivity contribution in [2.45, 2.75) is 71.1 Å². The number of amides is 1. The van der Waals surface area contributed by atoms with Crippen LogP contribution in [-0.2, 0) is 17.6 Å². The third-order valence-corrected chi connectivity index (χ3v) is 4.59. The van der Waals surface area contributed by atoms with Gasteiger partial charge in [-0.15, -0.1) is 0 Å². The lowest BCUT2D eigenvalue weighted by Gasteiger charge is -2.14. The van der Waals surface area contributed by atoms with Crippen molar-refractivity contribution in [3.63, 3.8) is 0 Å². The van der Waals surface area contributed by atoms with E-state index in [4.69, 9.17) is 0 Å². The Hall–Kier alpha value is -1.31. The van der Waals surface area contributed by atoms with Crippen molar-refractivity contribution in [3.05, 3.63) is 35.4 Å². The van der Waals surface area contributed by atoms with Crippen LogP contribution in [0.4, 0.5) is 0 Å². The van der Waals surface area contributed by atoms with E-state index in [0.29, 0.717) is 5.91 Å². The van der Waals surface area contributed by atoms with Gasteiger partial charge in [0.25, 0.3) is 0 Å². The van der Waals surface area contributed by atoms with Gasteiger partial charge in [0.05, 0.1) is 0 Å². The number of benzene rings is 1. The number of aryl methyl sites for hydroxylation is 2. The summed E-state index contributed by atoms with van der Waals surface area (Å²) < 4.78 is 0. The van der Waals surface area contributed by atoms with Crippen LogP contribution < -0.4 is 0 Å². The van der Waals surface area contributed by atoms with Gasteiger partial charge < -0.3 is 4.90 Å². The van der Waals surface area contributed by atoms with E-state index in [9.17, 15) is 4.79 Å². The lowest BCUT2D eigenvalue weighted by molar-refractivity contribution is -0.130. The van der Waals surface area contributed by atoms with Crippen LogP contribution in [0, 0.1) is 0 Å². The predicted molar refractivity (Wildman–Crippen MR) is 93.0 cm³/mol. The fourth-order valence-electron chi connectivity index (χ4n) is 3.31. The lowest BCUT2D eigenvalue weighted by atomic mass is 10.0. The topological polar surface area (TPSA) is 20.3 Å². The SMILES string of the molecule is CCCc1cccc(CCCCCCC(=O)N2CCCC2)c1. The molecule has 1 aliphatic rings. The zero-order valence-corrected chi connectivity index (χ0v) is 14.2. The molecule has 0 radical (unpaired) electrons. The number of carbonyl (C=O) groups is 1. The molecule has 0 unspecified atom stereocenters. The summed E-state index contributed by atoms with van der Waals surface area (Å²) in [7, 11) is 0. The van der Waals surface area contributed by atoms with Gasteiger partial charge in [-0.05, 0) is 49.7 Å². The Labute approximate surface area is 135 Å². The van der Waals surface area contributed by atoms with Crippen molar-refractivity contribution >= 4 is 5.91 Å². The second kappa shape index (κ2) is 9.66. The van der Waals surface area contributed by atoms with Crippen LogP contribution in [0.25, 0.3) is 0 Å². The van der Waals surface area contributed by atoms with Crippen molar-refractivity contribution in [3.8, 4) is 0 Å². The van der Waals surface area contributed by atoms with E-state index >= 15 is 0 Å². The summed E-state index contributed by atoms with van der Waals surface area (Å²) in [6, 6.07) is 9.03. The minimum Gasteiger partial charge on any atom is -0.343 e. The highest BCUT2D eigenvalue weighted by Gasteiger charge is 2.16. The Morgan fingerprint density at radius 1 is 1.00 bits per heavy atom. The molecule has 0 aliphatic carbocycles. The Kier molecular flexibility index (Phi) is 7.48. The minimum absolute atomic E-state index is 0.379. The first kappa shape index (κ1) is 17.1. The van der Waals surface area contributed by atoms with Crippen molar-refractivity contribution in [1.29, 1.82) is 0 Å². The summed E-state index contributed by atoms with van der Waals surface area (Å²) >= 11 is 0. The number of carbonyl (C=O) groups excluding carboxylic acids is 1. The van der Waals surface area contributed by atoms with E-state index in [-0.39, 0.29) is 0 Å². The highest BCUT2D eigenvalue weighted by atomic mass is 16.2. The Balaban J connectivity index is 1.55. The first-order valence-electron chi connectivity index (χ1n) is 9.15. The van der Waals surface area contributed by atoms with E-state index in [2.05, 4.69) is 31.2 Å². The molecule has 122 valence electrons. The van der Waals surface area contributed by atoms with E-state index in [1.54, 1.807) is 0 Å². The molecule has 2 rings (SSSR count). The summed E-state index contributed by atoms with van der Waals surface area (Å²) in [6.07, 6.45) is 11.5. The smallest absolute Gasteiger partial charge is 0.222 e. The molecular formula is C20H31NO. The quantitative estimate of drug-likeness (QED) is 0.602. The molecule has 0 aromatic heterocycles. The number of rotatable bonds is 9. The first-order chi connectivity index (χ1) is 10.8. The number of hydrogen-bond acceptors (Lipinski definition) is 1. The van der Waals surface area contributed by atoms with E-state index in [1.165, 1.54) is 62.5 Å². The molecule has 1 fully saturated rings. The molecule has 0 atom stereocenters. The molecule has 1 aliphatic heterocycles. The number of unbranched alkanes of at least 4 members (excludes halogenated alkanes) is 3. The van der Waals surface area contributed by atoms with Crippen molar-refractivity contribution in [2.75, 3.05) is 13.1 Å². The molecule has 1 aromatic carbocycles. The molecule has 2 nitrogen and oxygen atoms in total. The fourth-order valence-corrected chi connectivity index (χ4v) is 3.31. The maximum absolute atomic E-state index is 11.9. The molecule has 0 N–H and O–H groups in total. The molecule has 2 heteroatoms. The van der Waals surface area contributed by atoms with Gasteiger partial charge in [0.2, 0.25) is 5.91 Å². The molecule has 1 heterocycles. The first-order valence-corrected chi connectivity index (χ1v) is 9.15. The average Bonchev–Trinajstić information content (AvgIpc) is 3.06. The van der Waals surface area contributed by atoms with E-state index in [1.807, 2.05) is 4.90 Å². The molecule has 0 spiro atoms. The maximum atomic E-state index is 11.9. The van der Waals surface area contributed by atoms with Gasteiger partial charge >= 0.3 is 0 Å². The second-order valence-electron chi connectivity index (χ2n) is 6.57. The summed E-state index contributed by atoms with van der Waals surface area (Å²) in [5.41, 5.74) is 2.94. The number of nitrogens with zero attached hydrogens (tertiary/aromatic N) is 1. The van der Waals surface area contributed by atoms with Crippen molar-refractivity contribution < 1.29 is 4.79 Å². The zero-order chi connectivity index (χ0) is 15.6. The second-order valence-corrected chi connectivity index (χ2v) is 6.57. The molecule has 1 amide bonds. The third-order valence-electron chi connectivity index (χ3n) is 4.59. The zero-order valence-electron chi connectivity index (χ0n) is 14.2. The molecule has 22 heavy (non-hydrogen) atoms. The predicted octanol–water partition coefficient (Wildman–Crippen LogP) is 4.75. The van der Waals surface area contributed by atoms with Crippen LogP contribution in [0.2, 0.25) is 0 Å². The lowest BCUT2D eigenvalue weighted by Crippen LogP contribution is -2.27. The standard InChI is InChI=1S/C20H31NO/c1-2-10-18-12-9-13-19(17-18)11-5-3-4-6-14-20(22)21-15-7-8-16-21/h9,12-13,17H,2-8,10-11,14-16H2,1H3. The van der Waals surface area contributed by atoms with Gasteiger partial charge in [0.1, 0.15) is 0 Å². The van der Waals surface area contributed by atoms with Gasteiger partial charge in [0.15, 0.2) is 0 Å². The number of likely N-dealkylation sites (tertiary alicyclic amines) is 1. The van der Waals surface area contributed by atoms with Crippen LogP contribution in [0.5, 0.6) is 0 Å². The maximum Gasteiger partial charge on any atom is 0.222 e. The Morgan fingerprint density at radius 3 is 2.41 bits per heavy atom. The summed E-state index contributed by atoms with van der Waals surface area (Å²) in [5.74, 6) is 0.379. The Bertz CT molecular complexity index is 449. The van der Waals surface area contributed by atoms with Crippen molar-refractivity contribution in [2.24, 2.45) is 0 Å². The molecule has 1 aromatic rings. The van der Waals surface area contributed by atoms with Crippen LogP contribution in [0.3, 0.4) is 0 Å². The van der Waals surface area contributed by atoms with Gasteiger partial charge in [-0.2, -0.15) is 0 Å². The van der Waals surface area contributed by atoms with Gasteiger partial charge in [-0.1, -0.05) is 50.5 Å². The van der Waals surface area contributed by atoms with Crippen LogP contribution in [0.15, 0.2) is 24.3 Å². The molecule has 0 bridgehead atoms. The van der Waals surface area contributed by atoms with Crippen molar-refractivity contribution in [1.82, 2.24) is 4.90 Å². The Morgan fingerprint density at radius 2 is 1.68 bits per heavy atom. The largest absolute Gasteiger partial charge is 0.343 e. The average molecular weight is 301 g/mol. The van der Waals surface area contributed by atoms with E-state index < -0.39 is 0 Å². The van der Waals surface area contributed by atoms with Gasteiger partial charge in [0, 0.05) is 19.5 Å². The van der Waals surface area contributed by atoms with E-state index in [0.717, 1.165) is 25.9 Å². The normalized spacial score (nSPS) is 14.5. The minimum atomic E-state index is 0.379. The van der Waals surface area contributed by atoms with Crippen LogP contribution >= 0.6 is 0 Å².